The summed E-state index contributed by atoms with van der Waals surface area (Å²) in [6, 6.07) is 13.5. The number of ketones is 1. The van der Waals surface area contributed by atoms with E-state index in [1.54, 1.807) is 6.92 Å². The summed E-state index contributed by atoms with van der Waals surface area (Å²) in [5, 5.41) is 4.16. The van der Waals surface area contributed by atoms with Crippen LogP contribution in [0.2, 0.25) is 5.02 Å². The number of ether oxygens (including phenoxy) is 1. The highest BCUT2D eigenvalue weighted by atomic mass is 35.5. The van der Waals surface area contributed by atoms with Gasteiger partial charge in [0.15, 0.2) is 5.75 Å². The second kappa shape index (κ2) is 7.94. The average molecular weight is 398 g/mol. The number of rotatable bonds is 3. The minimum absolute atomic E-state index is 0.00320. The van der Waals surface area contributed by atoms with Gasteiger partial charge in [0.2, 0.25) is 0 Å². The Balaban J connectivity index is 1.75. The number of halogens is 1. The van der Waals surface area contributed by atoms with Gasteiger partial charge in [0.25, 0.3) is 0 Å². The summed E-state index contributed by atoms with van der Waals surface area (Å²) < 4.78 is 6.14. The van der Waals surface area contributed by atoms with Crippen LogP contribution in [0.25, 0.3) is 0 Å². The van der Waals surface area contributed by atoms with Crippen molar-refractivity contribution in [2.45, 2.75) is 26.3 Å². The summed E-state index contributed by atoms with van der Waals surface area (Å²) in [5.74, 6) is 2.52. The Hall–Kier alpha value is -2.37. The topological polar surface area (TPSA) is 53.9 Å². The fraction of sp³-hybridized carbons (Fsp3) is 0.364. The minimum Gasteiger partial charge on any atom is -0.454 e. The van der Waals surface area contributed by atoms with E-state index in [4.69, 9.17) is 21.3 Å². The van der Waals surface area contributed by atoms with Crippen LogP contribution in [-0.4, -0.2) is 42.2 Å². The van der Waals surface area contributed by atoms with Crippen LogP contribution in [0.1, 0.15) is 25.8 Å². The Kier molecular flexibility index (Phi) is 5.38. The van der Waals surface area contributed by atoms with Crippen molar-refractivity contribution in [3.63, 3.8) is 0 Å². The number of benzene rings is 2. The monoisotopic (exact) mass is 397 g/mol. The zero-order valence-electron chi connectivity index (χ0n) is 16.1. The molecule has 28 heavy (non-hydrogen) atoms. The standard InChI is InChI=1S/C22H24ClN3O2/c1-3-16(14(2)27)19-13-26(11-10-24-19)22-17-12-15(23)8-9-20(17)28-21-7-5-4-6-18(21)25-22/h4-9,12,16,19,24H,3,10-11,13H2,1-2H3/t16-,19?/m0/s1. The molecule has 4 rings (SSSR count). The fourth-order valence-electron chi connectivity index (χ4n) is 4.03. The zero-order valence-corrected chi connectivity index (χ0v) is 16.9. The second-order valence-electron chi connectivity index (χ2n) is 7.28. The van der Waals surface area contributed by atoms with Crippen molar-refractivity contribution in [2.24, 2.45) is 10.9 Å². The molecule has 146 valence electrons. The Morgan fingerprint density at radius 3 is 2.93 bits per heavy atom. The number of nitrogens with zero attached hydrogens (tertiary/aromatic N) is 2. The Morgan fingerprint density at radius 1 is 1.32 bits per heavy atom. The molecule has 0 saturated carbocycles. The molecular formula is C22H24ClN3O2. The first-order valence-electron chi connectivity index (χ1n) is 9.71. The quantitative estimate of drug-likeness (QED) is 0.833. The molecule has 0 spiro atoms. The van der Waals surface area contributed by atoms with Crippen molar-refractivity contribution in [1.29, 1.82) is 0 Å². The molecule has 2 aromatic rings. The van der Waals surface area contributed by atoms with Crippen LogP contribution in [0, 0.1) is 5.92 Å². The normalized spacial score (nSPS) is 19.6. The van der Waals surface area contributed by atoms with E-state index in [-0.39, 0.29) is 17.7 Å². The molecule has 0 radical (unpaired) electrons. The lowest BCUT2D eigenvalue weighted by Gasteiger charge is -2.38. The van der Waals surface area contributed by atoms with E-state index in [1.165, 1.54) is 0 Å². The predicted octanol–water partition coefficient (Wildman–Crippen LogP) is 4.41. The highest BCUT2D eigenvalue weighted by Crippen LogP contribution is 2.39. The summed E-state index contributed by atoms with van der Waals surface area (Å²) >= 11 is 6.30. The number of carbonyl (C=O) groups excluding carboxylic acids is 1. The number of fused-ring (bicyclic) bond motifs is 2. The molecule has 1 fully saturated rings. The molecule has 1 saturated heterocycles. The Morgan fingerprint density at radius 2 is 2.14 bits per heavy atom. The van der Waals surface area contributed by atoms with Gasteiger partial charge in [0.05, 0.1) is 5.56 Å². The number of hydrogen-bond donors (Lipinski definition) is 1. The molecule has 1 unspecified atom stereocenters. The summed E-state index contributed by atoms with van der Waals surface area (Å²) in [7, 11) is 0. The van der Waals surface area contributed by atoms with Crippen molar-refractivity contribution in [3.8, 4) is 11.5 Å². The van der Waals surface area contributed by atoms with Gasteiger partial charge in [-0.3, -0.25) is 4.79 Å². The number of para-hydroxylation sites is 2. The van der Waals surface area contributed by atoms with Gasteiger partial charge in [0, 0.05) is 36.6 Å². The molecule has 0 aliphatic carbocycles. The van der Waals surface area contributed by atoms with Crippen LogP contribution in [0.3, 0.4) is 0 Å². The molecule has 2 aliphatic rings. The molecule has 2 aliphatic heterocycles. The molecule has 0 aromatic heterocycles. The number of Topliss-reactive ketones (excluding diaryl/α,β-unsaturated/α-hetero) is 1. The fourth-order valence-corrected chi connectivity index (χ4v) is 4.20. The maximum atomic E-state index is 12.1. The van der Waals surface area contributed by atoms with Gasteiger partial charge in [-0.05, 0) is 43.7 Å². The van der Waals surface area contributed by atoms with Crippen molar-refractivity contribution in [2.75, 3.05) is 19.6 Å². The number of piperazine rings is 1. The third-order valence-corrected chi connectivity index (χ3v) is 5.68. The highest BCUT2D eigenvalue weighted by Gasteiger charge is 2.32. The lowest BCUT2D eigenvalue weighted by molar-refractivity contribution is -0.122. The molecule has 0 bridgehead atoms. The molecule has 1 N–H and O–H groups in total. The van der Waals surface area contributed by atoms with Gasteiger partial charge in [-0.25, -0.2) is 4.99 Å². The van der Waals surface area contributed by atoms with E-state index in [0.29, 0.717) is 11.6 Å². The van der Waals surface area contributed by atoms with Gasteiger partial charge >= 0.3 is 0 Å². The number of amidine groups is 1. The highest BCUT2D eigenvalue weighted by molar-refractivity contribution is 6.31. The summed E-state index contributed by atoms with van der Waals surface area (Å²) in [6.45, 7) is 6.06. The Bertz CT molecular complexity index is 928. The van der Waals surface area contributed by atoms with Gasteiger partial charge in [0.1, 0.15) is 23.1 Å². The van der Waals surface area contributed by atoms with Gasteiger partial charge in [-0.15, -0.1) is 0 Å². The number of carbonyl (C=O) groups is 1. The molecule has 2 atom stereocenters. The van der Waals surface area contributed by atoms with E-state index in [1.807, 2.05) is 42.5 Å². The maximum absolute atomic E-state index is 12.1. The molecule has 2 aromatic carbocycles. The first-order chi connectivity index (χ1) is 13.6. The van der Waals surface area contributed by atoms with Crippen molar-refractivity contribution >= 4 is 28.9 Å². The lowest BCUT2D eigenvalue weighted by Crippen LogP contribution is -2.56. The SMILES string of the molecule is CC[C@@H](C(C)=O)C1CN(C2=Nc3ccccc3Oc3ccc(Cl)cc32)CCN1. The van der Waals surface area contributed by atoms with E-state index < -0.39 is 0 Å². The van der Waals surface area contributed by atoms with Gasteiger partial charge in [-0.1, -0.05) is 30.7 Å². The molecule has 2 heterocycles. The van der Waals surface area contributed by atoms with E-state index >= 15 is 0 Å². The van der Waals surface area contributed by atoms with Crippen molar-refractivity contribution in [1.82, 2.24) is 10.2 Å². The summed E-state index contributed by atoms with van der Waals surface area (Å²) in [5.41, 5.74) is 1.67. The molecule has 6 heteroatoms. The summed E-state index contributed by atoms with van der Waals surface area (Å²) in [4.78, 5) is 19.3. The second-order valence-corrected chi connectivity index (χ2v) is 7.71. The molecule has 0 amide bonds. The Labute approximate surface area is 170 Å². The third kappa shape index (κ3) is 3.64. The largest absolute Gasteiger partial charge is 0.454 e. The van der Waals surface area contributed by atoms with E-state index in [2.05, 4.69) is 17.1 Å². The molecular weight excluding hydrogens is 374 g/mol. The van der Waals surface area contributed by atoms with E-state index in [9.17, 15) is 4.79 Å². The maximum Gasteiger partial charge on any atom is 0.153 e. The summed E-state index contributed by atoms with van der Waals surface area (Å²) in [6.07, 6.45) is 0.821. The predicted molar refractivity (Wildman–Crippen MR) is 112 cm³/mol. The number of nitrogens with one attached hydrogen (secondary N) is 1. The molecule has 5 nitrogen and oxygen atoms in total. The zero-order chi connectivity index (χ0) is 19.7. The lowest BCUT2D eigenvalue weighted by atomic mass is 9.91. The van der Waals surface area contributed by atoms with Crippen LogP contribution in [0.5, 0.6) is 11.5 Å². The first kappa shape index (κ1) is 19.0. The minimum atomic E-state index is -0.00320. The van der Waals surface area contributed by atoms with Crippen molar-refractivity contribution < 1.29 is 9.53 Å². The first-order valence-corrected chi connectivity index (χ1v) is 10.1. The van der Waals surface area contributed by atoms with Gasteiger partial charge < -0.3 is 15.0 Å². The van der Waals surface area contributed by atoms with Crippen molar-refractivity contribution in [3.05, 3.63) is 53.1 Å². The van der Waals surface area contributed by atoms with Crippen LogP contribution in [0.4, 0.5) is 5.69 Å². The number of hydrogen-bond acceptors (Lipinski definition) is 5. The van der Waals surface area contributed by atoms with Gasteiger partial charge in [-0.2, -0.15) is 0 Å². The van der Waals surface area contributed by atoms with Crippen LogP contribution in [-0.2, 0) is 4.79 Å². The average Bonchev–Trinajstić information content (AvgIpc) is 2.85. The number of aliphatic imine (C=N–C) groups is 1. The van der Waals surface area contributed by atoms with Crippen LogP contribution >= 0.6 is 11.6 Å². The van der Waals surface area contributed by atoms with Crippen LogP contribution < -0.4 is 10.1 Å². The van der Waals surface area contributed by atoms with E-state index in [0.717, 1.165) is 48.1 Å². The smallest absolute Gasteiger partial charge is 0.153 e. The van der Waals surface area contributed by atoms with Crippen LogP contribution in [0.15, 0.2) is 47.5 Å². The third-order valence-electron chi connectivity index (χ3n) is 5.45.